The van der Waals surface area contributed by atoms with Crippen LogP contribution in [-0.2, 0) is 0 Å². The average molecular weight is 311 g/mol. The molecule has 2 aromatic carbocycles. The smallest absolute Gasteiger partial charge is 0.364 e. The molecular weight excluding hydrogens is 292 g/mol. The van der Waals surface area contributed by atoms with E-state index in [1.165, 1.54) is 7.11 Å². The van der Waals surface area contributed by atoms with Gasteiger partial charge in [0.1, 0.15) is 11.1 Å². The lowest BCUT2D eigenvalue weighted by atomic mass is 10.1. The van der Waals surface area contributed by atoms with Crippen LogP contribution in [0.4, 0.5) is 0 Å². The quantitative estimate of drug-likeness (QED) is 0.703. The maximum atomic E-state index is 9.74. The average Bonchev–Trinajstić information content (AvgIpc) is 2.56. The first-order chi connectivity index (χ1) is 11.1. The molecule has 0 aliphatic rings. The molecular formula is C19H19O4+. The fourth-order valence-electron chi connectivity index (χ4n) is 2.52. The highest BCUT2D eigenvalue weighted by atomic mass is 16.5. The number of aryl methyl sites for hydroxylation is 1. The summed E-state index contributed by atoms with van der Waals surface area (Å²) in [5, 5.41) is 10.7. The molecule has 0 spiro atoms. The van der Waals surface area contributed by atoms with Gasteiger partial charge in [-0.25, -0.2) is 4.42 Å². The Balaban J connectivity index is 2.20. The first kappa shape index (κ1) is 15.2. The van der Waals surface area contributed by atoms with Crippen molar-refractivity contribution >= 4 is 11.0 Å². The second kappa shape index (κ2) is 6.16. The minimum absolute atomic E-state index is 0.0951. The maximum absolute atomic E-state index is 9.74. The monoisotopic (exact) mass is 311 g/mol. The number of phenolic OH excluding ortho intramolecular Hbond substituents is 1. The number of fused-ring (bicyclic) bond motifs is 1. The molecule has 0 fully saturated rings. The van der Waals surface area contributed by atoms with Gasteiger partial charge >= 0.3 is 11.3 Å². The molecule has 3 rings (SSSR count). The molecule has 23 heavy (non-hydrogen) atoms. The van der Waals surface area contributed by atoms with Crippen LogP contribution in [0.2, 0.25) is 0 Å². The molecule has 0 bridgehead atoms. The van der Waals surface area contributed by atoms with Gasteiger partial charge in [0.15, 0.2) is 11.5 Å². The van der Waals surface area contributed by atoms with Gasteiger partial charge < -0.3 is 14.6 Å². The SMILES string of the molecule is CCOc1cc(-c2ccc(O)c(OC)c2)[o+]c2ccc(C)cc12. The number of phenols is 1. The Bertz CT molecular complexity index is 855. The minimum Gasteiger partial charge on any atom is -0.504 e. The Kier molecular flexibility index (Phi) is 4.06. The summed E-state index contributed by atoms with van der Waals surface area (Å²) in [6.45, 7) is 4.56. The molecule has 4 heteroatoms. The van der Waals surface area contributed by atoms with E-state index in [2.05, 4.69) is 0 Å². The van der Waals surface area contributed by atoms with E-state index in [1.54, 1.807) is 18.2 Å². The molecule has 0 saturated heterocycles. The fraction of sp³-hybridized carbons (Fsp3) is 0.211. The molecule has 3 aromatic rings. The lowest BCUT2D eigenvalue weighted by Gasteiger charge is -2.06. The largest absolute Gasteiger partial charge is 0.504 e. The van der Waals surface area contributed by atoms with Gasteiger partial charge in [-0.3, -0.25) is 0 Å². The molecule has 0 amide bonds. The van der Waals surface area contributed by atoms with Gasteiger partial charge in [-0.05, 0) is 43.7 Å². The van der Waals surface area contributed by atoms with E-state index in [-0.39, 0.29) is 5.75 Å². The molecule has 0 aliphatic heterocycles. The van der Waals surface area contributed by atoms with Gasteiger partial charge in [0, 0.05) is 12.1 Å². The van der Waals surface area contributed by atoms with Crippen LogP contribution in [-0.4, -0.2) is 18.8 Å². The Labute approximate surface area is 134 Å². The fourth-order valence-corrected chi connectivity index (χ4v) is 2.52. The van der Waals surface area contributed by atoms with Crippen LogP contribution in [0, 0.1) is 6.92 Å². The van der Waals surface area contributed by atoms with Crippen LogP contribution in [0.3, 0.4) is 0 Å². The number of hydrogen-bond acceptors (Lipinski definition) is 3. The second-order valence-corrected chi connectivity index (χ2v) is 5.29. The molecule has 0 aliphatic carbocycles. The Morgan fingerprint density at radius 2 is 1.87 bits per heavy atom. The minimum atomic E-state index is 0.0951. The van der Waals surface area contributed by atoms with Crippen LogP contribution >= 0.6 is 0 Å². The summed E-state index contributed by atoms with van der Waals surface area (Å²) in [5.41, 5.74) is 2.71. The highest BCUT2D eigenvalue weighted by Gasteiger charge is 2.21. The summed E-state index contributed by atoms with van der Waals surface area (Å²) >= 11 is 0. The number of rotatable bonds is 4. The highest BCUT2D eigenvalue weighted by molar-refractivity contribution is 5.86. The molecule has 1 aromatic heterocycles. The standard InChI is InChI=1S/C19H18O4/c1-4-22-18-11-17(13-6-7-15(20)19(10-13)21-3)23-16-8-5-12(2)9-14(16)18/h5-11H,4H2,1-3H3/p+1. The van der Waals surface area contributed by atoms with Crippen molar-refractivity contribution in [2.24, 2.45) is 0 Å². The van der Waals surface area contributed by atoms with Gasteiger partial charge in [0.2, 0.25) is 0 Å². The van der Waals surface area contributed by atoms with Crippen molar-refractivity contribution in [1.29, 1.82) is 0 Å². The van der Waals surface area contributed by atoms with Gasteiger partial charge in [0.05, 0.1) is 25.3 Å². The molecule has 4 nitrogen and oxygen atoms in total. The summed E-state index contributed by atoms with van der Waals surface area (Å²) in [4.78, 5) is 0. The normalized spacial score (nSPS) is 10.7. The molecule has 0 radical (unpaired) electrons. The number of methoxy groups -OCH3 is 1. The second-order valence-electron chi connectivity index (χ2n) is 5.29. The van der Waals surface area contributed by atoms with Gasteiger partial charge in [-0.15, -0.1) is 0 Å². The van der Waals surface area contributed by atoms with Crippen molar-refractivity contribution in [2.75, 3.05) is 13.7 Å². The predicted octanol–water partition coefficient (Wildman–Crippen LogP) is 4.80. The van der Waals surface area contributed by atoms with E-state index in [4.69, 9.17) is 13.9 Å². The van der Waals surface area contributed by atoms with Gasteiger partial charge in [0.25, 0.3) is 0 Å². The number of ether oxygens (including phenoxy) is 2. The van der Waals surface area contributed by atoms with E-state index in [1.807, 2.05) is 38.1 Å². The van der Waals surface area contributed by atoms with Gasteiger partial charge in [-0.2, -0.15) is 0 Å². The number of aromatic hydroxyl groups is 1. The van der Waals surface area contributed by atoms with Crippen LogP contribution in [0.25, 0.3) is 22.3 Å². The molecule has 1 N–H and O–H groups in total. The third kappa shape index (κ3) is 2.93. The van der Waals surface area contributed by atoms with Crippen LogP contribution in [0.1, 0.15) is 12.5 Å². The Morgan fingerprint density at radius 1 is 1.04 bits per heavy atom. The van der Waals surface area contributed by atoms with Crippen LogP contribution < -0.4 is 9.47 Å². The van der Waals surface area contributed by atoms with E-state index in [0.29, 0.717) is 18.1 Å². The molecule has 0 atom stereocenters. The van der Waals surface area contributed by atoms with Crippen molar-refractivity contribution in [1.82, 2.24) is 0 Å². The first-order valence-electron chi connectivity index (χ1n) is 7.50. The zero-order valence-electron chi connectivity index (χ0n) is 13.4. The molecule has 0 saturated carbocycles. The third-order valence-corrected chi connectivity index (χ3v) is 3.65. The lowest BCUT2D eigenvalue weighted by molar-refractivity contribution is 0.342. The van der Waals surface area contributed by atoms with E-state index >= 15 is 0 Å². The maximum Gasteiger partial charge on any atom is 0.364 e. The zero-order valence-corrected chi connectivity index (χ0v) is 13.4. The summed E-state index contributed by atoms with van der Waals surface area (Å²) in [6, 6.07) is 13.0. The van der Waals surface area contributed by atoms with E-state index < -0.39 is 0 Å². The first-order valence-corrected chi connectivity index (χ1v) is 7.50. The summed E-state index contributed by atoms with van der Waals surface area (Å²) < 4.78 is 17.0. The highest BCUT2D eigenvalue weighted by Crippen LogP contribution is 2.36. The van der Waals surface area contributed by atoms with Crippen molar-refractivity contribution in [3.05, 3.63) is 48.0 Å². The third-order valence-electron chi connectivity index (χ3n) is 3.65. The molecule has 1 heterocycles. The summed E-state index contributed by atoms with van der Waals surface area (Å²) in [5.74, 6) is 1.93. The van der Waals surface area contributed by atoms with E-state index in [9.17, 15) is 5.11 Å². The van der Waals surface area contributed by atoms with Crippen molar-refractivity contribution in [3.8, 4) is 28.6 Å². The summed E-state index contributed by atoms with van der Waals surface area (Å²) in [6.07, 6.45) is 0. The zero-order chi connectivity index (χ0) is 16.4. The topological polar surface area (TPSA) is 50.0 Å². The number of hydrogen-bond donors (Lipinski definition) is 1. The molecule has 118 valence electrons. The Morgan fingerprint density at radius 3 is 2.61 bits per heavy atom. The van der Waals surface area contributed by atoms with E-state index in [0.717, 1.165) is 27.8 Å². The van der Waals surface area contributed by atoms with Crippen LogP contribution in [0.5, 0.6) is 17.2 Å². The number of benzene rings is 2. The molecule has 0 unspecified atom stereocenters. The Hall–Kier alpha value is -2.75. The predicted molar refractivity (Wildman–Crippen MR) is 90.2 cm³/mol. The van der Waals surface area contributed by atoms with Crippen molar-refractivity contribution in [3.63, 3.8) is 0 Å². The van der Waals surface area contributed by atoms with Crippen molar-refractivity contribution in [2.45, 2.75) is 13.8 Å². The lowest BCUT2D eigenvalue weighted by Crippen LogP contribution is -1.94. The van der Waals surface area contributed by atoms with Gasteiger partial charge in [-0.1, -0.05) is 0 Å². The summed E-state index contributed by atoms with van der Waals surface area (Å²) in [7, 11) is 1.52. The van der Waals surface area contributed by atoms with Crippen LogP contribution in [0.15, 0.2) is 46.9 Å². The van der Waals surface area contributed by atoms with Crippen molar-refractivity contribution < 1.29 is 19.0 Å².